The van der Waals surface area contributed by atoms with E-state index in [1.165, 1.54) is 16.4 Å². The average molecular weight is 445 g/mol. The molecule has 0 saturated carbocycles. The van der Waals surface area contributed by atoms with Gasteiger partial charge < -0.3 is 14.8 Å². The summed E-state index contributed by atoms with van der Waals surface area (Å²) in [6.45, 7) is 6.14. The topological polar surface area (TPSA) is 84.9 Å². The summed E-state index contributed by atoms with van der Waals surface area (Å²) in [7, 11) is -3.53. The number of amides is 1. The molecule has 166 valence electrons. The Balaban J connectivity index is 1.42. The van der Waals surface area contributed by atoms with Crippen molar-refractivity contribution >= 4 is 15.9 Å². The second-order valence-electron chi connectivity index (χ2n) is 8.21. The number of benzene rings is 2. The molecule has 1 N–H and O–H groups in total. The second kappa shape index (κ2) is 8.88. The molecule has 0 radical (unpaired) electrons. The van der Waals surface area contributed by atoms with Crippen LogP contribution in [0.2, 0.25) is 0 Å². The van der Waals surface area contributed by atoms with Crippen LogP contribution in [0, 0.1) is 5.92 Å². The van der Waals surface area contributed by atoms with Crippen molar-refractivity contribution in [3.05, 3.63) is 53.6 Å². The zero-order valence-corrected chi connectivity index (χ0v) is 18.7. The van der Waals surface area contributed by atoms with E-state index in [-0.39, 0.29) is 16.8 Å². The van der Waals surface area contributed by atoms with Crippen LogP contribution in [0.15, 0.2) is 47.4 Å². The SMILES string of the molecule is CC1CCN(S(=O)(=O)c2ccc(C(=O)N[C@@H](C)c3ccc4c(c3)OCCO4)cc2)CC1. The number of piperidine rings is 1. The maximum atomic E-state index is 12.9. The molecule has 0 bridgehead atoms. The number of carbonyl (C=O) groups is 1. The normalized spacial score (nSPS) is 18.4. The highest BCUT2D eigenvalue weighted by molar-refractivity contribution is 7.89. The maximum Gasteiger partial charge on any atom is 0.251 e. The molecule has 2 aliphatic heterocycles. The second-order valence-corrected chi connectivity index (χ2v) is 10.1. The monoisotopic (exact) mass is 444 g/mol. The Morgan fingerprint density at radius 3 is 2.35 bits per heavy atom. The summed E-state index contributed by atoms with van der Waals surface area (Å²) in [5.74, 6) is 1.66. The summed E-state index contributed by atoms with van der Waals surface area (Å²) in [4.78, 5) is 12.9. The third-order valence-corrected chi connectivity index (χ3v) is 7.82. The number of carbonyl (C=O) groups excluding carboxylic acids is 1. The van der Waals surface area contributed by atoms with Crippen LogP contribution in [-0.2, 0) is 10.0 Å². The van der Waals surface area contributed by atoms with E-state index in [1.54, 1.807) is 12.1 Å². The number of hydrogen-bond donors (Lipinski definition) is 1. The lowest BCUT2D eigenvalue weighted by atomic mass is 10.0. The molecule has 0 unspecified atom stereocenters. The van der Waals surface area contributed by atoms with Gasteiger partial charge in [0.2, 0.25) is 10.0 Å². The van der Waals surface area contributed by atoms with Gasteiger partial charge in [-0.1, -0.05) is 13.0 Å². The summed E-state index contributed by atoms with van der Waals surface area (Å²) in [5.41, 5.74) is 1.31. The minimum absolute atomic E-state index is 0.221. The van der Waals surface area contributed by atoms with Gasteiger partial charge in [0, 0.05) is 18.7 Å². The van der Waals surface area contributed by atoms with E-state index in [4.69, 9.17) is 9.47 Å². The van der Waals surface area contributed by atoms with E-state index >= 15 is 0 Å². The molecular weight excluding hydrogens is 416 g/mol. The number of fused-ring (bicyclic) bond motifs is 1. The molecular formula is C23H28N2O5S. The highest BCUT2D eigenvalue weighted by atomic mass is 32.2. The predicted octanol–water partition coefficient (Wildman–Crippen LogP) is 3.37. The van der Waals surface area contributed by atoms with Gasteiger partial charge in [-0.25, -0.2) is 8.42 Å². The first-order valence-corrected chi connectivity index (χ1v) is 12.1. The number of nitrogens with one attached hydrogen (secondary N) is 1. The molecule has 0 spiro atoms. The highest BCUT2D eigenvalue weighted by Gasteiger charge is 2.28. The Labute approximate surface area is 183 Å². The summed E-state index contributed by atoms with van der Waals surface area (Å²) >= 11 is 0. The molecule has 1 atom stereocenters. The number of rotatable bonds is 5. The van der Waals surface area contributed by atoms with Crippen molar-refractivity contribution in [1.29, 1.82) is 0 Å². The van der Waals surface area contributed by atoms with Crippen LogP contribution in [-0.4, -0.2) is 44.9 Å². The quantitative estimate of drug-likeness (QED) is 0.764. The van der Waals surface area contributed by atoms with Gasteiger partial charge in [-0.15, -0.1) is 0 Å². The van der Waals surface area contributed by atoms with Gasteiger partial charge in [0.25, 0.3) is 5.91 Å². The molecule has 7 nitrogen and oxygen atoms in total. The van der Waals surface area contributed by atoms with Crippen molar-refractivity contribution in [2.45, 2.75) is 37.6 Å². The van der Waals surface area contributed by atoms with Gasteiger partial charge in [-0.2, -0.15) is 4.31 Å². The van der Waals surface area contributed by atoms with E-state index in [1.807, 2.05) is 25.1 Å². The minimum Gasteiger partial charge on any atom is -0.486 e. The summed E-state index contributed by atoms with van der Waals surface area (Å²) in [5, 5.41) is 2.95. The summed E-state index contributed by atoms with van der Waals surface area (Å²) in [6.07, 6.45) is 1.74. The third kappa shape index (κ3) is 4.70. The Kier molecular flexibility index (Phi) is 6.20. The van der Waals surface area contributed by atoms with Crippen molar-refractivity contribution in [2.75, 3.05) is 26.3 Å². The molecule has 8 heteroatoms. The van der Waals surface area contributed by atoms with Crippen molar-refractivity contribution < 1.29 is 22.7 Å². The molecule has 2 heterocycles. The zero-order chi connectivity index (χ0) is 22.0. The number of ether oxygens (including phenoxy) is 2. The molecule has 0 aliphatic carbocycles. The van der Waals surface area contributed by atoms with Gasteiger partial charge in [0.15, 0.2) is 11.5 Å². The first kappa shape index (κ1) is 21.6. The van der Waals surface area contributed by atoms with Gasteiger partial charge in [-0.05, 0) is 67.6 Å². The zero-order valence-electron chi connectivity index (χ0n) is 17.8. The number of hydrogen-bond acceptors (Lipinski definition) is 5. The molecule has 0 aromatic heterocycles. The van der Waals surface area contributed by atoms with E-state index in [0.29, 0.717) is 49.3 Å². The van der Waals surface area contributed by atoms with Crippen LogP contribution < -0.4 is 14.8 Å². The third-order valence-electron chi connectivity index (χ3n) is 5.91. The Morgan fingerprint density at radius 1 is 1.03 bits per heavy atom. The van der Waals surface area contributed by atoms with E-state index in [9.17, 15) is 13.2 Å². The van der Waals surface area contributed by atoms with Crippen molar-refractivity contribution in [2.24, 2.45) is 5.92 Å². The van der Waals surface area contributed by atoms with E-state index in [2.05, 4.69) is 12.2 Å². The van der Waals surface area contributed by atoms with Crippen LogP contribution in [0.4, 0.5) is 0 Å². The summed E-state index contributed by atoms with van der Waals surface area (Å²) in [6, 6.07) is 11.5. The molecule has 2 aromatic rings. The van der Waals surface area contributed by atoms with Crippen LogP contribution in [0.1, 0.15) is 48.7 Å². The van der Waals surface area contributed by atoms with E-state index in [0.717, 1.165) is 18.4 Å². The van der Waals surface area contributed by atoms with Gasteiger partial charge in [-0.3, -0.25) is 4.79 Å². The number of sulfonamides is 1. The molecule has 2 aliphatic rings. The lowest BCUT2D eigenvalue weighted by Crippen LogP contribution is -2.37. The molecule has 1 saturated heterocycles. The lowest BCUT2D eigenvalue weighted by Gasteiger charge is -2.29. The first-order valence-electron chi connectivity index (χ1n) is 10.7. The Bertz CT molecular complexity index is 1040. The Hall–Kier alpha value is -2.58. The van der Waals surface area contributed by atoms with Crippen LogP contribution in [0.25, 0.3) is 0 Å². The van der Waals surface area contributed by atoms with Gasteiger partial charge in [0.05, 0.1) is 10.9 Å². The average Bonchev–Trinajstić information content (AvgIpc) is 2.79. The molecule has 1 fully saturated rings. The molecule has 4 rings (SSSR count). The first-order chi connectivity index (χ1) is 14.8. The van der Waals surface area contributed by atoms with Gasteiger partial charge in [0.1, 0.15) is 13.2 Å². The number of nitrogens with zero attached hydrogens (tertiary/aromatic N) is 1. The van der Waals surface area contributed by atoms with Crippen molar-refractivity contribution in [1.82, 2.24) is 9.62 Å². The lowest BCUT2D eigenvalue weighted by molar-refractivity contribution is 0.0939. The maximum absolute atomic E-state index is 12.9. The smallest absolute Gasteiger partial charge is 0.251 e. The molecule has 2 aromatic carbocycles. The van der Waals surface area contributed by atoms with Crippen LogP contribution in [0.3, 0.4) is 0 Å². The standard InChI is InChI=1S/C23H28N2O5S/c1-16-9-11-25(12-10-16)31(27,28)20-6-3-18(4-7-20)23(26)24-17(2)19-5-8-21-22(15-19)30-14-13-29-21/h3-8,15-17H,9-14H2,1-2H3,(H,24,26)/t17-/m0/s1. The minimum atomic E-state index is -3.53. The largest absolute Gasteiger partial charge is 0.486 e. The van der Waals surface area contributed by atoms with E-state index < -0.39 is 10.0 Å². The van der Waals surface area contributed by atoms with Crippen LogP contribution in [0.5, 0.6) is 11.5 Å². The van der Waals surface area contributed by atoms with Crippen LogP contribution >= 0.6 is 0 Å². The fraction of sp³-hybridized carbons (Fsp3) is 0.435. The Morgan fingerprint density at radius 2 is 1.68 bits per heavy atom. The molecule has 1 amide bonds. The van der Waals surface area contributed by atoms with Crippen molar-refractivity contribution in [3.8, 4) is 11.5 Å². The molecule has 31 heavy (non-hydrogen) atoms. The highest BCUT2D eigenvalue weighted by Crippen LogP contribution is 2.32. The predicted molar refractivity (Wildman–Crippen MR) is 117 cm³/mol. The van der Waals surface area contributed by atoms with Crippen molar-refractivity contribution in [3.63, 3.8) is 0 Å². The summed E-state index contributed by atoms with van der Waals surface area (Å²) < 4.78 is 38.4. The fourth-order valence-corrected chi connectivity index (χ4v) is 5.31. The fourth-order valence-electron chi connectivity index (χ4n) is 3.85. The van der Waals surface area contributed by atoms with Gasteiger partial charge >= 0.3 is 0 Å².